The molecule has 2 aliphatic heterocycles. The van der Waals surface area contributed by atoms with Crippen LogP contribution in [0.5, 0.6) is 5.75 Å². The molecule has 158 valence electrons. The number of likely N-dealkylation sites (tertiary alicyclic amines) is 1. The smallest absolute Gasteiger partial charge is 0.341 e. The molecule has 2 aromatic rings. The van der Waals surface area contributed by atoms with Gasteiger partial charge in [-0.3, -0.25) is 4.79 Å². The summed E-state index contributed by atoms with van der Waals surface area (Å²) in [7, 11) is 0. The normalized spacial score (nSPS) is 23.1. The minimum absolute atomic E-state index is 0.0318. The first-order valence-corrected chi connectivity index (χ1v) is 10.6. The number of hydrogen-bond acceptors (Lipinski definition) is 4. The average molecular weight is 408 g/mol. The lowest BCUT2D eigenvalue weighted by Crippen LogP contribution is -2.46. The molecule has 2 heterocycles. The molecule has 0 unspecified atom stereocenters. The van der Waals surface area contributed by atoms with Crippen LogP contribution in [0, 0.1) is 5.92 Å². The van der Waals surface area contributed by atoms with Gasteiger partial charge in [0.15, 0.2) is 6.61 Å². The van der Waals surface area contributed by atoms with E-state index in [0.717, 1.165) is 32.5 Å². The molecule has 30 heavy (non-hydrogen) atoms. The van der Waals surface area contributed by atoms with Gasteiger partial charge in [-0.25, -0.2) is 4.79 Å². The molecule has 0 radical (unpaired) electrons. The minimum atomic E-state index is -1.03. The van der Waals surface area contributed by atoms with E-state index in [4.69, 9.17) is 9.84 Å². The molecule has 6 heteroatoms. The van der Waals surface area contributed by atoms with Crippen molar-refractivity contribution in [2.75, 3.05) is 26.2 Å². The van der Waals surface area contributed by atoms with Crippen LogP contribution >= 0.6 is 0 Å². The number of hydrogen-bond donors (Lipinski definition) is 2. The van der Waals surface area contributed by atoms with Gasteiger partial charge in [-0.05, 0) is 54.8 Å². The van der Waals surface area contributed by atoms with E-state index in [-0.39, 0.29) is 11.9 Å². The number of carbonyl (C=O) groups is 2. The first kappa shape index (κ1) is 20.4. The molecule has 0 aliphatic carbocycles. The quantitative estimate of drug-likeness (QED) is 0.768. The highest BCUT2D eigenvalue weighted by atomic mass is 16.5. The van der Waals surface area contributed by atoms with E-state index in [1.807, 2.05) is 4.90 Å². The lowest BCUT2D eigenvalue weighted by molar-refractivity contribution is -0.139. The van der Waals surface area contributed by atoms with E-state index in [1.165, 1.54) is 11.1 Å². The van der Waals surface area contributed by atoms with Gasteiger partial charge in [-0.2, -0.15) is 0 Å². The van der Waals surface area contributed by atoms with Crippen molar-refractivity contribution in [1.82, 2.24) is 10.2 Å². The molecule has 0 aromatic heterocycles. The van der Waals surface area contributed by atoms with E-state index in [1.54, 1.807) is 24.3 Å². The summed E-state index contributed by atoms with van der Waals surface area (Å²) in [5, 5.41) is 12.2. The molecule has 2 N–H and O–H groups in total. The van der Waals surface area contributed by atoms with Gasteiger partial charge in [0.2, 0.25) is 0 Å². The summed E-state index contributed by atoms with van der Waals surface area (Å²) in [6.45, 7) is 4.34. The summed E-state index contributed by atoms with van der Waals surface area (Å²) in [6, 6.07) is 15.8. The van der Waals surface area contributed by atoms with Gasteiger partial charge in [0.05, 0.1) is 0 Å². The SMILES string of the molecule is CCc1ccc([C@H]2CN(C(=O)c3ccc(OCC(=O)O)cc3)[C@@H]3CCNC[C@H]23)cc1. The van der Waals surface area contributed by atoms with Crippen LogP contribution in [-0.2, 0) is 11.2 Å². The first-order valence-electron chi connectivity index (χ1n) is 10.6. The zero-order chi connectivity index (χ0) is 21.1. The second kappa shape index (κ2) is 8.88. The Balaban J connectivity index is 1.52. The van der Waals surface area contributed by atoms with E-state index in [2.05, 4.69) is 36.5 Å². The third kappa shape index (κ3) is 4.19. The fourth-order valence-electron chi connectivity index (χ4n) is 4.74. The average Bonchev–Trinajstić information content (AvgIpc) is 3.17. The molecule has 0 spiro atoms. The van der Waals surface area contributed by atoms with Crippen molar-refractivity contribution in [2.24, 2.45) is 5.92 Å². The number of rotatable bonds is 6. The van der Waals surface area contributed by atoms with Crippen LogP contribution in [0.3, 0.4) is 0 Å². The topological polar surface area (TPSA) is 78.9 Å². The van der Waals surface area contributed by atoms with Crippen LogP contribution in [0.1, 0.15) is 40.7 Å². The fraction of sp³-hybridized carbons (Fsp3) is 0.417. The fourth-order valence-corrected chi connectivity index (χ4v) is 4.74. The molecule has 4 rings (SSSR count). The van der Waals surface area contributed by atoms with Crippen LogP contribution < -0.4 is 10.1 Å². The van der Waals surface area contributed by atoms with Crippen molar-refractivity contribution < 1.29 is 19.4 Å². The van der Waals surface area contributed by atoms with E-state index in [0.29, 0.717) is 23.1 Å². The van der Waals surface area contributed by atoms with Crippen molar-refractivity contribution in [2.45, 2.75) is 31.7 Å². The molecule has 6 nitrogen and oxygen atoms in total. The number of nitrogens with zero attached hydrogens (tertiary/aromatic N) is 1. The summed E-state index contributed by atoms with van der Waals surface area (Å²) in [4.78, 5) is 26.0. The van der Waals surface area contributed by atoms with Crippen molar-refractivity contribution in [1.29, 1.82) is 0 Å². The Labute approximate surface area is 176 Å². The number of carboxylic acids is 1. The van der Waals surface area contributed by atoms with Crippen molar-refractivity contribution in [3.8, 4) is 5.75 Å². The number of carboxylic acid groups (broad SMARTS) is 1. The third-order valence-electron chi connectivity index (χ3n) is 6.34. The third-order valence-corrected chi connectivity index (χ3v) is 6.34. The summed E-state index contributed by atoms with van der Waals surface area (Å²) in [5.41, 5.74) is 3.24. The molecule has 3 atom stereocenters. The molecule has 2 aliphatic rings. The molecule has 2 aromatic carbocycles. The number of nitrogens with one attached hydrogen (secondary N) is 1. The summed E-state index contributed by atoms with van der Waals surface area (Å²) in [6.07, 6.45) is 1.98. The lowest BCUT2D eigenvalue weighted by atomic mass is 9.82. The maximum atomic E-state index is 13.3. The van der Waals surface area contributed by atoms with Crippen molar-refractivity contribution >= 4 is 11.9 Å². The predicted molar refractivity (Wildman–Crippen MR) is 114 cm³/mol. The van der Waals surface area contributed by atoms with Gasteiger partial charge >= 0.3 is 5.97 Å². The van der Waals surface area contributed by atoms with Crippen molar-refractivity contribution in [3.63, 3.8) is 0 Å². The maximum absolute atomic E-state index is 13.3. The Morgan fingerprint density at radius 1 is 1.13 bits per heavy atom. The molecular weight excluding hydrogens is 380 g/mol. The summed E-state index contributed by atoms with van der Waals surface area (Å²) < 4.78 is 5.17. The van der Waals surface area contributed by atoms with E-state index >= 15 is 0 Å². The molecule has 2 fully saturated rings. The number of ether oxygens (including phenoxy) is 1. The van der Waals surface area contributed by atoms with E-state index < -0.39 is 12.6 Å². The van der Waals surface area contributed by atoms with Crippen LogP contribution in [0.25, 0.3) is 0 Å². The molecular formula is C24H28N2O4. The molecule has 1 amide bonds. The van der Waals surface area contributed by atoms with Crippen LogP contribution in [-0.4, -0.2) is 54.2 Å². The second-order valence-corrected chi connectivity index (χ2v) is 8.09. The number of fused-ring (bicyclic) bond motifs is 1. The Kier molecular flexibility index (Phi) is 6.04. The van der Waals surface area contributed by atoms with Gasteiger partial charge in [-0.1, -0.05) is 31.2 Å². The van der Waals surface area contributed by atoms with Crippen LogP contribution in [0.15, 0.2) is 48.5 Å². The molecule has 0 bridgehead atoms. The highest BCUT2D eigenvalue weighted by molar-refractivity contribution is 5.95. The van der Waals surface area contributed by atoms with Crippen LogP contribution in [0.2, 0.25) is 0 Å². The summed E-state index contributed by atoms with van der Waals surface area (Å²) in [5.74, 6) is 0.194. The number of aryl methyl sites for hydroxylation is 1. The highest BCUT2D eigenvalue weighted by Crippen LogP contribution is 2.40. The monoisotopic (exact) mass is 408 g/mol. The van der Waals surface area contributed by atoms with E-state index in [9.17, 15) is 9.59 Å². The van der Waals surface area contributed by atoms with Gasteiger partial charge < -0.3 is 20.1 Å². The number of carbonyl (C=O) groups excluding carboxylic acids is 1. The number of aliphatic carboxylic acids is 1. The van der Waals surface area contributed by atoms with Gasteiger partial charge in [0, 0.05) is 36.5 Å². The maximum Gasteiger partial charge on any atom is 0.341 e. The van der Waals surface area contributed by atoms with Crippen molar-refractivity contribution in [3.05, 3.63) is 65.2 Å². The minimum Gasteiger partial charge on any atom is -0.482 e. The standard InChI is InChI=1S/C24H28N2O4/c1-2-16-3-5-17(6-4-16)21-14-26(22-11-12-25-13-20(21)22)24(29)18-7-9-19(10-8-18)30-15-23(27)28/h3-10,20-22,25H,2,11-15H2,1H3,(H,27,28)/t20-,21-,22-/m1/s1. The second-order valence-electron chi connectivity index (χ2n) is 8.09. The number of amides is 1. The van der Waals surface area contributed by atoms with Gasteiger partial charge in [-0.15, -0.1) is 0 Å². The van der Waals surface area contributed by atoms with Crippen LogP contribution in [0.4, 0.5) is 0 Å². The Bertz CT molecular complexity index is 894. The first-order chi connectivity index (χ1) is 14.6. The zero-order valence-electron chi connectivity index (χ0n) is 17.2. The molecule has 2 saturated heterocycles. The van der Waals surface area contributed by atoms with Gasteiger partial charge in [0.25, 0.3) is 5.91 Å². The number of piperidine rings is 1. The number of benzene rings is 2. The molecule has 0 saturated carbocycles. The lowest BCUT2D eigenvalue weighted by Gasteiger charge is -2.33. The predicted octanol–water partition coefficient (Wildman–Crippen LogP) is 2.93. The Hall–Kier alpha value is -2.86. The highest BCUT2D eigenvalue weighted by Gasteiger charge is 2.45. The Morgan fingerprint density at radius 3 is 2.53 bits per heavy atom. The largest absolute Gasteiger partial charge is 0.482 e. The van der Waals surface area contributed by atoms with Gasteiger partial charge in [0.1, 0.15) is 5.75 Å². The Morgan fingerprint density at radius 2 is 1.87 bits per heavy atom. The summed E-state index contributed by atoms with van der Waals surface area (Å²) >= 11 is 0. The zero-order valence-corrected chi connectivity index (χ0v) is 17.2.